The van der Waals surface area contributed by atoms with Gasteiger partial charge in [-0.3, -0.25) is 4.57 Å². The van der Waals surface area contributed by atoms with Gasteiger partial charge in [0.1, 0.15) is 17.6 Å². The predicted octanol–water partition coefficient (Wildman–Crippen LogP) is 4.78. The van der Waals surface area contributed by atoms with Crippen molar-refractivity contribution in [3.63, 3.8) is 0 Å². The van der Waals surface area contributed by atoms with Crippen LogP contribution in [0.25, 0.3) is 39.4 Å². The Hall–Kier alpha value is -4.32. The number of aldehydes is 1. The summed E-state index contributed by atoms with van der Waals surface area (Å²) in [6.07, 6.45) is 2.99. The van der Waals surface area contributed by atoms with Crippen LogP contribution < -0.4 is 5.73 Å². The largest absolute Gasteiger partial charge is 0.383 e. The number of carbonyl (C=O) groups is 1. The number of carbonyl (C=O) groups excluding carboxylic acids is 1. The zero-order valence-electron chi connectivity index (χ0n) is 17.6. The molecule has 0 amide bonds. The molecule has 5 aromatic rings. The molecule has 0 saturated carbocycles. The van der Waals surface area contributed by atoms with Crippen molar-refractivity contribution in [2.45, 2.75) is 13.3 Å². The lowest BCUT2D eigenvalue weighted by molar-refractivity contribution is -0.107. The average molecular weight is 419 g/mol. The molecular formula is C26H21N5O. The number of pyridine rings is 2. The molecule has 0 unspecified atom stereocenters. The number of imidazole rings is 1. The lowest BCUT2D eigenvalue weighted by atomic mass is 9.98. The SMILES string of the molecule is Cc1ccc2nc(-c3cccnc3N)n(-c3ccc(-c4ccccc4CC=O)cc3)c2n1. The van der Waals surface area contributed by atoms with E-state index in [1.807, 2.05) is 72.2 Å². The van der Waals surface area contributed by atoms with Gasteiger partial charge in [0.2, 0.25) is 0 Å². The summed E-state index contributed by atoms with van der Waals surface area (Å²) in [6.45, 7) is 1.96. The molecule has 0 aliphatic heterocycles. The first kappa shape index (κ1) is 19.6. The monoisotopic (exact) mass is 419 g/mol. The average Bonchev–Trinajstić information content (AvgIpc) is 3.18. The topological polar surface area (TPSA) is 86.7 Å². The Balaban J connectivity index is 1.68. The van der Waals surface area contributed by atoms with Gasteiger partial charge in [-0.25, -0.2) is 15.0 Å². The molecule has 0 saturated heterocycles. The fourth-order valence-corrected chi connectivity index (χ4v) is 3.94. The molecule has 0 aliphatic carbocycles. The van der Waals surface area contributed by atoms with E-state index in [-0.39, 0.29) is 0 Å². The van der Waals surface area contributed by atoms with Crippen LogP contribution in [0.15, 0.2) is 79.0 Å². The third-order valence-electron chi connectivity index (χ3n) is 5.48. The quantitative estimate of drug-likeness (QED) is 0.414. The molecule has 3 heterocycles. The third kappa shape index (κ3) is 3.41. The number of rotatable bonds is 5. The number of nitrogens with two attached hydrogens (primary N) is 1. The van der Waals surface area contributed by atoms with Crippen molar-refractivity contribution in [3.8, 4) is 28.2 Å². The van der Waals surface area contributed by atoms with Crippen molar-refractivity contribution in [3.05, 3.63) is 90.3 Å². The Morgan fingerprint density at radius 2 is 1.69 bits per heavy atom. The summed E-state index contributed by atoms with van der Waals surface area (Å²) in [5.74, 6) is 1.11. The van der Waals surface area contributed by atoms with Crippen LogP contribution in [0, 0.1) is 6.92 Å². The zero-order chi connectivity index (χ0) is 22.1. The van der Waals surface area contributed by atoms with Crippen LogP contribution in [-0.2, 0) is 11.2 Å². The second-order valence-electron chi connectivity index (χ2n) is 7.58. The van der Waals surface area contributed by atoms with Crippen LogP contribution in [0.2, 0.25) is 0 Å². The number of benzene rings is 2. The maximum atomic E-state index is 11.1. The van der Waals surface area contributed by atoms with Crippen molar-refractivity contribution in [2.24, 2.45) is 0 Å². The van der Waals surface area contributed by atoms with Crippen LogP contribution >= 0.6 is 0 Å². The molecule has 0 spiro atoms. The maximum Gasteiger partial charge on any atom is 0.165 e. The van der Waals surface area contributed by atoms with E-state index < -0.39 is 0 Å². The lowest BCUT2D eigenvalue weighted by Crippen LogP contribution is -2.02. The summed E-state index contributed by atoms with van der Waals surface area (Å²) in [7, 11) is 0. The molecule has 32 heavy (non-hydrogen) atoms. The molecule has 2 aromatic carbocycles. The summed E-state index contributed by atoms with van der Waals surface area (Å²) < 4.78 is 2.01. The fourth-order valence-electron chi connectivity index (χ4n) is 3.94. The number of hydrogen-bond acceptors (Lipinski definition) is 5. The summed E-state index contributed by atoms with van der Waals surface area (Å²) in [5.41, 5.74) is 13.4. The minimum Gasteiger partial charge on any atom is -0.383 e. The van der Waals surface area contributed by atoms with Gasteiger partial charge in [0, 0.05) is 24.0 Å². The van der Waals surface area contributed by atoms with Gasteiger partial charge in [0.05, 0.1) is 5.56 Å². The van der Waals surface area contributed by atoms with Gasteiger partial charge < -0.3 is 10.5 Å². The minimum atomic E-state index is 0.387. The van der Waals surface area contributed by atoms with E-state index in [2.05, 4.69) is 17.1 Å². The van der Waals surface area contributed by atoms with Gasteiger partial charge in [-0.1, -0.05) is 36.4 Å². The fraction of sp³-hybridized carbons (Fsp3) is 0.0769. The van der Waals surface area contributed by atoms with E-state index >= 15 is 0 Å². The van der Waals surface area contributed by atoms with Crippen molar-refractivity contribution in [1.82, 2.24) is 19.5 Å². The summed E-state index contributed by atoms with van der Waals surface area (Å²) in [5, 5.41) is 0. The van der Waals surface area contributed by atoms with E-state index in [0.717, 1.165) is 51.1 Å². The molecule has 6 heteroatoms. The normalized spacial score (nSPS) is 11.0. The van der Waals surface area contributed by atoms with E-state index in [9.17, 15) is 4.79 Å². The van der Waals surface area contributed by atoms with Crippen molar-refractivity contribution >= 4 is 23.3 Å². The standard InChI is InChI=1S/C26H21N5O/c1-17-8-13-23-26(29-17)31(25(30-23)22-7-4-15-28-24(22)27)20-11-9-19(10-12-20)21-6-3-2-5-18(21)14-16-32/h2-13,15-16H,14H2,1H3,(H2,27,28). The van der Waals surface area contributed by atoms with Crippen LogP contribution in [-0.4, -0.2) is 25.8 Å². The molecular weight excluding hydrogens is 398 g/mol. The van der Waals surface area contributed by atoms with Crippen LogP contribution in [0.4, 0.5) is 5.82 Å². The molecule has 0 aliphatic rings. The van der Waals surface area contributed by atoms with Crippen molar-refractivity contribution in [1.29, 1.82) is 0 Å². The first-order valence-electron chi connectivity index (χ1n) is 10.3. The Kier molecular flexibility index (Phi) is 4.95. The first-order chi connectivity index (χ1) is 15.7. The number of aromatic nitrogens is 4. The van der Waals surface area contributed by atoms with Crippen LogP contribution in [0.1, 0.15) is 11.3 Å². The molecule has 2 N–H and O–H groups in total. The molecule has 0 radical (unpaired) electrons. The predicted molar refractivity (Wildman–Crippen MR) is 126 cm³/mol. The lowest BCUT2D eigenvalue weighted by Gasteiger charge is -2.12. The minimum absolute atomic E-state index is 0.387. The van der Waals surface area contributed by atoms with Crippen molar-refractivity contribution < 1.29 is 4.79 Å². The number of hydrogen-bond donors (Lipinski definition) is 1. The smallest absolute Gasteiger partial charge is 0.165 e. The third-order valence-corrected chi connectivity index (χ3v) is 5.48. The van der Waals surface area contributed by atoms with E-state index in [1.165, 1.54) is 0 Å². The van der Waals surface area contributed by atoms with Gasteiger partial charge in [0.15, 0.2) is 11.5 Å². The molecule has 0 fully saturated rings. The van der Waals surface area contributed by atoms with E-state index in [1.54, 1.807) is 6.20 Å². The Bertz CT molecular complexity index is 1440. The summed E-state index contributed by atoms with van der Waals surface area (Å²) >= 11 is 0. The second kappa shape index (κ2) is 8.07. The van der Waals surface area contributed by atoms with Crippen molar-refractivity contribution in [2.75, 3.05) is 5.73 Å². The molecule has 5 rings (SSSR count). The number of aryl methyl sites for hydroxylation is 1. The molecule has 156 valence electrons. The Morgan fingerprint density at radius 3 is 2.47 bits per heavy atom. The summed E-state index contributed by atoms with van der Waals surface area (Å²) in [6, 6.07) is 23.8. The molecule has 6 nitrogen and oxygen atoms in total. The molecule has 0 atom stereocenters. The van der Waals surface area contributed by atoms with Gasteiger partial charge in [-0.05, 0) is 60.0 Å². The molecule has 0 bridgehead atoms. The van der Waals surface area contributed by atoms with Crippen LogP contribution in [0.3, 0.4) is 0 Å². The number of nitrogen functional groups attached to an aromatic ring is 1. The Labute approximate surface area is 185 Å². The van der Waals surface area contributed by atoms with Gasteiger partial charge in [-0.2, -0.15) is 0 Å². The molecule has 3 aromatic heterocycles. The Morgan fingerprint density at radius 1 is 0.906 bits per heavy atom. The highest BCUT2D eigenvalue weighted by Crippen LogP contribution is 2.32. The number of nitrogens with zero attached hydrogens (tertiary/aromatic N) is 4. The van der Waals surface area contributed by atoms with E-state index in [4.69, 9.17) is 15.7 Å². The highest BCUT2D eigenvalue weighted by Gasteiger charge is 2.18. The summed E-state index contributed by atoms with van der Waals surface area (Å²) in [4.78, 5) is 24.9. The van der Waals surface area contributed by atoms with Gasteiger partial charge in [0.25, 0.3) is 0 Å². The van der Waals surface area contributed by atoms with E-state index in [0.29, 0.717) is 18.1 Å². The van der Waals surface area contributed by atoms with Crippen LogP contribution in [0.5, 0.6) is 0 Å². The second-order valence-corrected chi connectivity index (χ2v) is 7.58. The highest BCUT2D eigenvalue weighted by molar-refractivity contribution is 5.83. The maximum absolute atomic E-state index is 11.1. The zero-order valence-corrected chi connectivity index (χ0v) is 17.6. The highest BCUT2D eigenvalue weighted by atomic mass is 16.1. The number of fused-ring (bicyclic) bond motifs is 1. The first-order valence-corrected chi connectivity index (χ1v) is 10.3. The van der Waals surface area contributed by atoms with Gasteiger partial charge >= 0.3 is 0 Å². The number of anilines is 1. The van der Waals surface area contributed by atoms with Gasteiger partial charge in [-0.15, -0.1) is 0 Å².